The molecule has 1 aromatic rings. The number of likely N-dealkylation sites (N-methyl/N-ethyl adjacent to an activating group) is 1. The molecule has 0 aliphatic heterocycles. The van der Waals surface area contributed by atoms with Crippen LogP contribution in [-0.4, -0.2) is 33.1 Å². The smallest absolute Gasteiger partial charge is 0.239 e. The lowest BCUT2D eigenvalue weighted by atomic mass is 10.2. The van der Waals surface area contributed by atoms with Crippen LogP contribution in [0.4, 0.5) is 5.69 Å². The van der Waals surface area contributed by atoms with E-state index >= 15 is 0 Å². The summed E-state index contributed by atoms with van der Waals surface area (Å²) in [6.45, 7) is 3.82. The van der Waals surface area contributed by atoms with Crippen LogP contribution in [0.25, 0.3) is 0 Å². The first-order chi connectivity index (χ1) is 9.08. The SMILES string of the molecule is CCCNC(=O)CN(C)c1ccc(CNC)c(Cl)c1. The number of amides is 1. The molecule has 1 rings (SSSR count). The van der Waals surface area contributed by atoms with Gasteiger partial charge in [-0.25, -0.2) is 0 Å². The van der Waals surface area contributed by atoms with Gasteiger partial charge in [0, 0.05) is 30.8 Å². The maximum absolute atomic E-state index is 11.6. The molecule has 1 amide bonds. The van der Waals surface area contributed by atoms with Crippen LogP contribution >= 0.6 is 11.6 Å². The lowest BCUT2D eigenvalue weighted by Crippen LogP contribution is -2.35. The monoisotopic (exact) mass is 283 g/mol. The molecule has 0 aliphatic rings. The van der Waals surface area contributed by atoms with E-state index in [0.29, 0.717) is 18.1 Å². The third-order valence-corrected chi connectivity index (χ3v) is 3.15. The summed E-state index contributed by atoms with van der Waals surface area (Å²) in [5, 5.41) is 6.64. The van der Waals surface area contributed by atoms with Crippen molar-refractivity contribution < 1.29 is 4.79 Å². The van der Waals surface area contributed by atoms with E-state index in [1.165, 1.54) is 0 Å². The highest BCUT2D eigenvalue weighted by molar-refractivity contribution is 6.31. The van der Waals surface area contributed by atoms with E-state index < -0.39 is 0 Å². The number of nitrogens with zero attached hydrogens (tertiary/aromatic N) is 1. The largest absolute Gasteiger partial charge is 0.365 e. The Morgan fingerprint density at radius 3 is 2.74 bits per heavy atom. The van der Waals surface area contributed by atoms with Crippen molar-refractivity contribution in [1.82, 2.24) is 10.6 Å². The fourth-order valence-corrected chi connectivity index (χ4v) is 1.98. The summed E-state index contributed by atoms with van der Waals surface area (Å²) in [4.78, 5) is 13.5. The minimum atomic E-state index is 0.0276. The molecule has 5 heteroatoms. The Hall–Kier alpha value is -1.26. The summed E-state index contributed by atoms with van der Waals surface area (Å²) < 4.78 is 0. The van der Waals surface area contributed by atoms with Crippen molar-refractivity contribution in [2.24, 2.45) is 0 Å². The van der Waals surface area contributed by atoms with Gasteiger partial charge in [0.1, 0.15) is 0 Å². The molecular weight excluding hydrogens is 262 g/mol. The molecule has 0 fully saturated rings. The molecule has 0 radical (unpaired) electrons. The van der Waals surface area contributed by atoms with Gasteiger partial charge in [-0.2, -0.15) is 0 Å². The summed E-state index contributed by atoms with van der Waals surface area (Å²) >= 11 is 6.21. The van der Waals surface area contributed by atoms with Crippen molar-refractivity contribution >= 4 is 23.2 Å². The summed E-state index contributed by atoms with van der Waals surface area (Å²) in [5.41, 5.74) is 1.99. The van der Waals surface area contributed by atoms with Gasteiger partial charge in [0.2, 0.25) is 5.91 Å². The zero-order chi connectivity index (χ0) is 14.3. The second kappa shape index (κ2) is 8.02. The molecule has 0 aliphatic carbocycles. The Morgan fingerprint density at radius 1 is 1.42 bits per heavy atom. The van der Waals surface area contributed by atoms with Crippen molar-refractivity contribution in [3.63, 3.8) is 0 Å². The van der Waals surface area contributed by atoms with Crippen molar-refractivity contribution in [1.29, 1.82) is 0 Å². The number of halogens is 1. The minimum absolute atomic E-state index is 0.0276. The van der Waals surface area contributed by atoms with Crippen LogP contribution in [-0.2, 0) is 11.3 Å². The molecule has 0 heterocycles. The van der Waals surface area contributed by atoms with Crippen molar-refractivity contribution in [3.8, 4) is 0 Å². The van der Waals surface area contributed by atoms with E-state index in [1.54, 1.807) is 0 Å². The lowest BCUT2D eigenvalue weighted by molar-refractivity contribution is -0.119. The van der Waals surface area contributed by atoms with E-state index in [2.05, 4.69) is 10.6 Å². The summed E-state index contributed by atoms with van der Waals surface area (Å²) in [6.07, 6.45) is 0.944. The molecular formula is C14H22ClN3O. The van der Waals surface area contributed by atoms with Crippen molar-refractivity contribution in [2.75, 3.05) is 32.1 Å². The van der Waals surface area contributed by atoms with Crippen LogP contribution in [0.1, 0.15) is 18.9 Å². The molecule has 106 valence electrons. The fourth-order valence-electron chi connectivity index (χ4n) is 1.73. The average Bonchev–Trinajstić information content (AvgIpc) is 2.38. The molecule has 0 spiro atoms. The maximum atomic E-state index is 11.6. The third-order valence-electron chi connectivity index (χ3n) is 2.80. The highest BCUT2D eigenvalue weighted by atomic mass is 35.5. The number of rotatable bonds is 7. The third kappa shape index (κ3) is 5.09. The normalized spacial score (nSPS) is 10.3. The lowest BCUT2D eigenvalue weighted by Gasteiger charge is -2.19. The first-order valence-electron chi connectivity index (χ1n) is 6.49. The molecule has 0 aromatic heterocycles. The average molecular weight is 284 g/mol. The molecule has 0 atom stereocenters. The van der Waals surface area contributed by atoms with Gasteiger partial charge in [0.05, 0.1) is 6.54 Å². The van der Waals surface area contributed by atoms with Crippen molar-refractivity contribution in [2.45, 2.75) is 19.9 Å². The van der Waals surface area contributed by atoms with Gasteiger partial charge in [0.15, 0.2) is 0 Å². The zero-order valence-corrected chi connectivity index (χ0v) is 12.5. The van der Waals surface area contributed by atoms with Crippen LogP contribution in [0.5, 0.6) is 0 Å². The van der Waals surface area contributed by atoms with Gasteiger partial charge in [-0.05, 0) is 31.2 Å². The molecule has 1 aromatic carbocycles. The van der Waals surface area contributed by atoms with E-state index in [4.69, 9.17) is 11.6 Å². The van der Waals surface area contributed by atoms with E-state index in [9.17, 15) is 4.79 Å². The molecule has 19 heavy (non-hydrogen) atoms. The zero-order valence-electron chi connectivity index (χ0n) is 11.8. The van der Waals surface area contributed by atoms with Gasteiger partial charge >= 0.3 is 0 Å². The van der Waals surface area contributed by atoms with Gasteiger partial charge in [-0.3, -0.25) is 4.79 Å². The number of hydrogen-bond donors (Lipinski definition) is 2. The number of anilines is 1. The summed E-state index contributed by atoms with van der Waals surface area (Å²) in [5.74, 6) is 0.0276. The Kier molecular flexibility index (Phi) is 6.67. The van der Waals surface area contributed by atoms with Crippen LogP contribution < -0.4 is 15.5 Å². The number of carbonyl (C=O) groups excluding carboxylic acids is 1. The number of hydrogen-bond acceptors (Lipinski definition) is 3. The van der Waals surface area contributed by atoms with Gasteiger partial charge < -0.3 is 15.5 Å². The quantitative estimate of drug-likeness (QED) is 0.805. The highest BCUT2D eigenvalue weighted by Crippen LogP contribution is 2.22. The first-order valence-corrected chi connectivity index (χ1v) is 6.87. The Balaban J connectivity index is 2.64. The van der Waals surface area contributed by atoms with E-state index in [1.807, 2.05) is 44.1 Å². The van der Waals surface area contributed by atoms with Crippen molar-refractivity contribution in [3.05, 3.63) is 28.8 Å². The standard InChI is InChI=1S/C14H22ClN3O/c1-4-7-17-14(19)10-18(3)12-6-5-11(9-16-2)13(15)8-12/h5-6,8,16H,4,7,9-10H2,1-3H3,(H,17,19). The van der Waals surface area contributed by atoms with E-state index in [-0.39, 0.29) is 5.91 Å². The Bertz CT molecular complexity index is 423. The summed E-state index contributed by atoms with van der Waals surface area (Å²) in [6, 6.07) is 5.85. The molecule has 0 unspecified atom stereocenters. The predicted molar refractivity (Wildman–Crippen MR) is 80.8 cm³/mol. The molecule has 0 saturated carbocycles. The predicted octanol–water partition coefficient (Wildman–Crippen LogP) is 2.02. The van der Waals surface area contributed by atoms with Gasteiger partial charge in [-0.1, -0.05) is 24.6 Å². The molecule has 2 N–H and O–H groups in total. The molecule has 0 bridgehead atoms. The van der Waals surface area contributed by atoms with Crippen LogP contribution in [0.2, 0.25) is 5.02 Å². The molecule has 4 nitrogen and oxygen atoms in total. The fraction of sp³-hybridized carbons (Fsp3) is 0.500. The maximum Gasteiger partial charge on any atom is 0.239 e. The minimum Gasteiger partial charge on any atom is -0.365 e. The Morgan fingerprint density at radius 2 is 2.16 bits per heavy atom. The summed E-state index contributed by atoms with van der Waals surface area (Å²) in [7, 11) is 3.77. The van der Waals surface area contributed by atoms with E-state index in [0.717, 1.165) is 24.2 Å². The number of nitrogens with one attached hydrogen (secondary N) is 2. The van der Waals surface area contributed by atoms with Crippen LogP contribution in [0.15, 0.2) is 18.2 Å². The van der Waals surface area contributed by atoms with Crippen LogP contribution in [0, 0.1) is 0 Å². The second-order valence-electron chi connectivity index (χ2n) is 4.51. The number of benzene rings is 1. The first kappa shape index (κ1) is 15.8. The van der Waals surface area contributed by atoms with Crippen LogP contribution in [0.3, 0.4) is 0 Å². The highest BCUT2D eigenvalue weighted by Gasteiger charge is 2.08. The van der Waals surface area contributed by atoms with Gasteiger partial charge in [-0.15, -0.1) is 0 Å². The Labute approximate surface area is 120 Å². The van der Waals surface area contributed by atoms with Gasteiger partial charge in [0.25, 0.3) is 0 Å². The molecule has 0 saturated heterocycles. The number of carbonyl (C=O) groups is 1. The second-order valence-corrected chi connectivity index (χ2v) is 4.92. The topological polar surface area (TPSA) is 44.4 Å².